The molecular weight excluding hydrogens is 480 g/mol. The number of para-hydroxylation sites is 1. The lowest BCUT2D eigenvalue weighted by Crippen LogP contribution is -2.09. The van der Waals surface area contributed by atoms with Crippen LogP contribution in [0, 0.1) is 10.1 Å². The SMILES string of the molecule is O=C1OC(c2ccc([N+](=O)[O-])cc2)=N/C1=C/c1ccccc1OC(=O)c1ccc(Br)cc1. The Kier molecular flexibility index (Phi) is 5.91. The number of carbonyl (C=O) groups is 2. The van der Waals surface area contributed by atoms with E-state index >= 15 is 0 Å². The number of non-ortho nitro benzene ring substituents is 1. The van der Waals surface area contributed by atoms with Crippen molar-refractivity contribution in [3.8, 4) is 5.75 Å². The second kappa shape index (κ2) is 8.94. The molecule has 8 nitrogen and oxygen atoms in total. The summed E-state index contributed by atoms with van der Waals surface area (Å²) in [4.78, 5) is 39.2. The van der Waals surface area contributed by atoms with Crippen LogP contribution in [0.4, 0.5) is 5.69 Å². The van der Waals surface area contributed by atoms with Gasteiger partial charge in [0.2, 0.25) is 5.90 Å². The third-order valence-corrected chi connectivity index (χ3v) is 4.97. The number of aliphatic imine (C=N–C) groups is 1. The highest BCUT2D eigenvalue weighted by Crippen LogP contribution is 2.26. The van der Waals surface area contributed by atoms with Crippen LogP contribution in [0.2, 0.25) is 0 Å². The molecule has 0 aromatic heterocycles. The van der Waals surface area contributed by atoms with Crippen molar-refractivity contribution in [2.45, 2.75) is 0 Å². The van der Waals surface area contributed by atoms with Gasteiger partial charge in [0.05, 0.1) is 10.5 Å². The molecule has 0 fully saturated rings. The highest BCUT2D eigenvalue weighted by molar-refractivity contribution is 9.10. The van der Waals surface area contributed by atoms with Gasteiger partial charge in [-0.2, -0.15) is 0 Å². The van der Waals surface area contributed by atoms with Gasteiger partial charge in [0.25, 0.3) is 5.69 Å². The van der Waals surface area contributed by atoms with Crippen molar-refractivity contribution >= 4 is 45.5 Å². The monoisotopic (exact) mass is 492 g/mol. The molecule has 0 spiro atoms. The lowest BCUT2D eigenvalue weighted by Gasteiger charge is -2.07. The first-order valence-electron chi connectivity index (χ1n) is 9.25. The fraction of sp³-hybridized carbons (Fsp3) is 0. The lowest BCUT2D eigenvalue weighted by atomic mass is 10.1. The summed E-state index contributed by atoms with van der Waals surface area (Å²) in [5, 5.41) is 10.8. The van der Waals surface area contributed by atoms with E-state index < -0.39 is 16.9 Å². The Labute approximate surface area is 190 Å². The minimum absolute atomic E-state index is 0.00509. The summed E-state index contributed by atoms with van der Waals surface area (Å²) in [5.41, 5.74) is 1.16. The largest absolute Gasteiger partial charge is 0.422 e. The average molecular weight is 493 g/mol. The summed E-state index contributed by atoms with van der Waals surface area (Å²) in [5.74, 6) is -0.958. The number of benzene rings is 3. The minimum atomic E-state index is -0.688. The Bertz CT molecular complexity index is 1280. The highest BCUT2D eigenvalue weighted by Gasteiger charge is 2.25. The van der Waals surface area contributed by atoms with Crippen molar-refractivity contribution in [1.29, 1.82) is 0 Å². The van der Waals surface area contributed by atoms with Crippen LogP contribution in [0.1, 0.15) is 21.5 Å². The topological polar surface area (TPSA) is 108 Å². The smallest absolute Gasteiger partial charge is 0.363 e. The van der Waals surface area contributed by atoms with E-state index in [2.05, 4.69) is 20.9 Å². The molecule has 9 heteroatoms. The van der Waals surface area contributed by atoms with Crippen LogP contribution in [-0.4, -0.2) is 22.8 Å². The number of esters is 2. The summed E-state index contributed by atoms with van der Waals surface area (Å²) in [6.07, 6.45) is 1.45. The van der Waals surface area contributed by atoms with Gasteiger partial charge in [0.15, 0.2) is 5.70 Å². The molecule has 0 aliphatic carbocycles. The van der Waals surface area contributed by atoms with Crippen LogP contribution in [0.25, 0.3) is 6.08 Å². The average Bonchev–Trinajstić information content (AvgIpc) is 3.15. The zero-order chi connectivity index (χ0) is 22.7. The maximum atomic E-state index is 12.5. The van der Waals surface area contributed by atoms with Crippen molar-refractivity contribution in [1.82, 2.24) is 0 Å². The number of cyclic esters (lactones) is 1. The van der Waals surface area contributed by atoms with Gasteiger partial charge in [-0.05, 0) is 48.5 Å². The summed E-state index contributed by atoms with van der Waals surface area (Å²) >= 11 is 3.31. The third-order valence-electron chi connectivity index (χ3n) is 4.44. The lowest BCUT2D eigenvalue weighted by molar-refractivity contribution is -0.384. The van der Waals surface area contributed by atoms with Gasteiger partial charge < -0.3 is 9.47 Å². The summed E-state index contributed by atoms with van der Waals surface area (Å²) in [6, 6.07) is 18.9. The first kappa shape index (κ1) is 21.1. The van der Waals surface area contributed by atoms with Gasteiger partial charge in [-0.3, -0.25) is 10.1 Å². The number of nitrogens with zero attached hydrogens (tertiary/aromatic N) is 2. The molecule has 0 amide bonds. The third kappa shape index (κ3) is 4.62. The van der Waals surface area contributed by atoms with E-state index in [-0.39, 0.29) is 23.0 Å². The number of nitro benzene ring substituents is 1. The molecule has 4 rings (SSSR count). The van der Waals surface area contributed by atoms with Gasteiger partial charge in [-0.15, -0.1) is 0 Å². The number of hydrogen-bond acceptors (Lipinski definition) is 7. The van der Waals surface area contributed by atoms with Crippen LogP contribution in [0.5, 0.6) is 5.75 Å². The highest BCUT2D eigenvalue weighted by atomic mass is 79.9. The number of ether oxygens (including phenoxy) is 2. The number of hydrogen-bond donors (Lipinski definition) is 0. The van der Waals surface area contributed by atoms with Crippen molar-refractivity contribution < 1.29 is 24.0 Å². The Morgan fingerprint density at radius 2 is 1.72 bits per heavy atom. The quantitative estimate of drug-likeness (QED) is 0.164. The molecular formula is C23H13BrN2O6. The van der Waals surface area contributed by atoms with Crippen LogP contribution < -0.4 is 4.74 Å². The van der Waals surface area contributed by atoms with E-state index in [4.69, 9.17) is 9.47 Å². The van der Waals surface area contributed by atoms with E-state index in [1.165, 1.54) is 30.3 Å². The molecule has 0 atom stereocenters. The Morgan fingerprint density at radius 1 is 1.03 bits per heavy atom. The second-order valence-electron chi connectivity index (χ2n) is 6.57. The molecule has 0 bridgehead atoms. The van der Waals surface area contributed by atoms with E-state index in [0.717, 1.165) is 4.47 Å². The summed E-state index contributed by atoms with van der Waals surface area (Å²) in [6.45, 7) is 0. The predicted octanol–water partition coefficient (Wildman–Crippen LogP) is 4.92. The molecule has 0 N–H and O–H groups in total. The number of carbonyl (C=O) groups excluding carboxylic acids is 2. The zero-order valence-corrected chi connectivity index (χ0v) is 17.8. The van der Waals surface area contributed by atoms with Gasteiger partial charge in [0.1, 0.15) is 5.75 Å². The molecule has 3 aromatic rings. The Morgan fingerprint density at radius 3 is 2.41 bits per heavy atom. The standard InChI is InChI=1S/C23H13BrN2O6/c24-17-9-5-15(6-10-17)22(27)31-20-4-2-1-3-16(20)13-19-23(28)32-21(25-19)14-7-11-18(12-8-14)26(29)30/h1-13H/b19-13+. The zero-order valence-electron chi connectivity index (χ0n) is 16.2. The molecule has 0 saturated carbocycles. The van der Waals surface area contributed by atoms with E-state index in [9.17, 15) is 19.7 Å². The molecule has 0 unspecified atom stereocenters. The van der Waals surface area contributed by atoms with Crippen LogP contribution in [0.15, 0.2) is 88.0 Å². The van der Waals surface area contributed by atoms with Crippen LogP contribution in [-0.2, 0) is 9.53 Å². The van der Waals surface area contributed by atoms with Crippen molar-refractivity contribution in [3.63, 3.8) is 0 Å². The fourth-order valence-corrected chi connectivity index (χ4v) is 3.11. The molecule has 1 aliphatic rings. The molecule has 1 heterocycles. The molecule has 32 heavy (non-hydrogen) atoms. The van der Waals surface area contributed by atoms with Crippen LogP contribution >= 0.6 is 15.9 Å². The first-order chi connectivity index (χ1) is 15.4. The minimum Gasteiger partial charge on any atom is -0.422 e. The number of halogens is 1. The van der Waals surface area contributed by atoms with Gasteiger partial charge in [-0.25, -0.2) is 14.6 Å². The Hall–Kier alpha value is -4.11. The predicted molar refractivity (Wildman–Crippen MR) is 119 cm³/mol. The van der Waals surface area contributed by atoms with E-state index in [1.54, 1.807) is 48.5 Å². The summed E-state index contributed by atoms with van der Waals surface area (Å²) in [7, 11) is 0. The van der Waals surface area contributed by atoms with Gasteiger partial charge in [0, 0.05) is 27.7 Å². The fourth-order valence-electron chi connectivity index (χ4n) is 2.84. The summed E-state index contributed by atoms with van der Waals surface area (Å²) < 4.78 is 11.5. The number of nitro groups is 1. The Balaban J connectivity index is 1.59. The van der Waals surface area contributed by atoms with Gasteiger partial charge >= 0.3 is 11.9 Å². The normalized spacial score (nSPS) is 14.1. The van der Waals surface area contributed by atoms with Crippen LogP contribution in [0.3, 0.4) is 0 Å². The molecule has 0 saturated heterocycles. The van der Waals surface area contributed by atoms with Crippen molar-refractivity contribution in [2.75, 3.05) is 0 Å². The molecule has 3 aromatic carbocycles. The number of rotatable bonds is 5. The molecule has 158 valence electrons. The van der Waals surface area contributed by atoms with Crippen molar-refractivity contribution in [2.24, 2.45) is 4.99 Å². The van der Waals surface area contributed by atoms with E-state index in [0.29, 0.717) is 16.7 Å². The second-order valence-corrected chi connectivity index (χ2v) is 7.49. The molecule has 1 aliphatic heterocycles. The first-order valence-corrected chi connectivity index (χ1v) is 10.0. The van der Waals surface area contributed by atoms with E-state index in [1.807, 2.05) is 0 Å². The maximum absolute atomic E-state index is 12.5. The molecule has 0 radical (unpaired) electrons. The maximum Gasteiger partial charge on any atom is 0.363 e. The van der Waals surface area contributed by atoms with Crippen molar-refractivity contribution in [3.05, 3.63) is 110 Å². The van der Waals surface area contributed by atoms with Gasteiger partial charge in [-0.1, -0.05) is 34.1 Å².